The van der Waals surface area contributed by atoms with Crippen LogP contribution in [-0.2, 0) is 14.8 Å². The van der Waals surface area contributed by atoms with Crippen LogP contribution in [0.5, 0.6) is 5.75 Å². The van der Waals surface area contributed by atoms with E-state index in [1.807, 2.05) is 0 Å². The molecule has 1 saturated heterocycles. The molecule has 0 N–H and O–H groups in total. The summed E-state index contributed by atoms with van der Waals surface area (Å²) in [5, 5.41) is 1.73. The third kappa shape index (κ3) is 4.03. The molecular formula is C18H19NO5S2. The van der Waals surface area contributed by atoms with E-state index < -0.39 is 10.0 Å². The fourth-order valence-electron chi connectivity index (χ4n) is 2.83. The normalized spacial score (nSPS) is 16.3. The molecule has 1 fully saturated rings. The molecule has 1 aromatic heterocycles. The predicted octanol–water partition coefficient (Wildman–Crippen LogP) is 2.96. The summed E-state index contributed by atoms with van der Waals surface area (Å²) in [6.07, 6.45) is 0.851. The first-order valence-corrected chi connectivity index (χ1v) is 10.6. The van der Waals surface area contributed by atoms with Crippen LogP contribution in [-0.4, -0.2) is 37.6 Å². The lowest BCUT2D eigenvalue weighted by Gasteiger charge is -2.29. The molecule has 1 aliphatic heterocycles. The number of thiophene rings is 1. The molecule has 2 heterocycles. The summed E-state index contributed by atoms with van der Waals surface area (Å²) in [5.41, 5.74) is 0.553. The van der Waals surface area contributed by atoms with Gasteiger partial charge in [0.2, 0.25) is 0 Å². The number of carbonyl (C=O) groups excluding carboxylic acids is 2. The number of hydrogen-bond acceptors (Lipinski definition) is 6. The Morgan fingerprint density at radius 2 is 1.77 bits per heavy atom. The van der Waals surface area contributed by atoms with E-state index in [0.717, 1.165) is 0 Å². The monoisotopic (exact) mass is 393 g/mol. The van der Waals surface area contributed by atoms with Crippen molar-refractivity contribution in [3.8, 4) is 5.75 Å². The molecule has 1 aromatic carbocycles. The van der Waals surface area contributed by atoms with Crippen LogP contribution in [0, 0.1) is 5.92 Å². The Bertz CT molecular complexity index is 880. The quantitative estimate of drug-likeness (QED) is 0.443. The Balaban J connectivity index is 1.57. The van der Waals surface area contributed by atoms with Crippen molar-refractivity contribution in [3.05, 3.63) is 47.3 Å². The van der Waals surface area contributed by atoms with Crippen molar-refractivity contribution >= 4 is 33.1 Å². The number of benzene rings is 1. The van der Waals surface area contributed by atoms with Gasteiger partial charge in [-0.25, -0.2) is 8.42 Å². The predicted molar refractivity (Wildman–Crippen MR) is 97.9 cm³/mol. The zero-order valence-corrected chi connectivity index (χ0v) is 15.9. The molecule has 0 saturated carbocycles. The summed E-state index contributed by atoms with van der Waals surface area (Å²) in [4.78, 5) is 23.6. The van der Waals surface area contributed by atoms with Crippen molar-refractivity contribution in [2.24, 2.45) is 5.92 Å². The van der Waals surface area contributed by atoms with E-state index in [4.69, 9.17) is 4.74 Å². The summed E-state index contributed by atoms with van der Waals surface area (Å²) in [6.45, 7) is 2.06. The number of ether oxygens (including phenoxy) is 1. The minimum atomic E-state index is -3.47. The van der Waals surface area contributed by atoms with Crippen molar-refractivity contribution in [2.45, 2.75) is 24.0 Å². The lowest BCUT2D eigenvalue weighted by molar-refractivity contribution is -0.140. The van der Waals surface area contributed by atoms with E-state index in [2.05, 4.69) is 0 Å². The zero-order valence-electron chi connectivity index (χ0n) is 14.3. The number of ketones is 1. The molecule has 8 heteroatoms. The molecule has 3 rings (SSSR count). The molecule has 0 amide bonds. The topological polar surface area (TPSA) is 80.8 Å². The second-order valence-corrected chi connectivity index (χ2v) is 9.22. The Kier molecular flexibility index (Phi) is 5.55. The molecule has 2 aromatic rings. The largest absolute Gasteiger partial charge is 0.426 e. The fourth-order valence-corrected chi connectivity index (χ4v) is 5.44. The number of carbonyl (C=O) groups is 2. The highest BCUT2D eigenvalue weighted by Crippen LogP contribution is 2.27. The molecule has 0 aliphatic carbocycles. The van der Waals surface area contributed by atoms with Gasteiger partial charge in [-0.2, -0.15) is 4.31 Å². The second-order valence-electron chi connectivity index (χ2n) is 6.11. The summed E-state index contributed by atoms with van der Waals surface area (Å²) in [7, 11) is -3.47. The number of Topliss-reactive ketones (excluding diaryl/α,β-unsaturated/α-hetero) is 1. The molecule has 6 nitrogen and oxygen atoms in total. The molecule has 0 unspecified atom stereocenters. The number of hydrogen-bond donors (Lipinski definition) is 0. The van der Waals surface area contributed by atoms with E-state index in [0.29, 0.717) is 41.5 Å². The van der Waals surface area contributed by atoms with Crippen LogP contribution in [0.25, 0.3) is 0 Å². The zero-order chi connectivity index (χ0) is 18.7. The third-order valence-corrected chi connectivity index (χ3v) is 7.63. The van der Waals surface area contributed by atoms with Gasteiger partial charge in [0.25, 0.3) is 10.0 Å². The van der Waals surface area contributed by atoms with Gasteiger partial charge in [-0.15, -0.1) is 11.3 Å². The number of rotatable bonds is 5. The summed E-state index contributed by atoms with van der Waals surface area (Å²) < 4.78 is 32.1. The first-order valence-electron chi connectivity index (χ1n) is 8.24. The van der Waals surface area contributed by atoms with Gasteiger partial charge >= 0.3 is 5.97 Å². The average Bonchev–Trinajstić information content (AvgIpc) is 3.18. The SMILES string of the molecule is CC(=O)c1ccc(OC(=O)C2CCN(S(=O)(=O)c3cccs3)CC2)cc1. The lowest BCUT2D eigenvalue weighted by atomic mass is 9.98. The molecule has 0 bridgehead atoms. The molecule has 0 radical (unpaired) electrons. The van der Waals surface area contributed by atoms with Crippen molar-refractivity contribution in [2.75, 3.05) is 13.1 Å². The number of nitrogens with zero attached hydrogens (tertiary/aromatic N) is 1. The van der Waals surface area contributed by atoms with Crippen LogP contribution < -0.4 is 4.74 Å². The van der Waals surface area contributed by atoms with Gasteiger partial charge < -0.3 is 4.74 Å². The minimum Gasteiger partial charge on any atom is -0.426 e. The van der Waals surface area contributed by atoms with E-state index >= 15 is 0 Å². The third-order valence-electron chi connectivity index (χ3n) is 4.36. The van der Waals surface area contributed by atoms with Crippen LogP contribution in [0.1, 0.15) is 30.1 Å². The van der Waals surface area contributed by atoms with Crippen LogP contribution in [0.4, 0.5) is 0 Å². The average molecular weight is 393 g/mol. The highest BCUT2D eigenvalue weighted by molar-refractivity contribution is 7.91. The van der Waals surface area contributed by atoms with Crippen molar-refractivity contribution in [1.29, 1.82) is 0 Å². The maximum absolute atomic E-state index is 12.5. The van der Waals surface area contributed by atoms with Gasteiger partial charge in [0, 0.05) is 18.7 Å². The van der Waals surface area contributed by atoms with E-state index in [1.165, 1.54) is 22.6 Å². The summed E-state index contributed by atoms with van der Waals surface area (Å²) in [6, 6.07) is 9.70. The number of esters is 1. The minimum absolute atomic E-state index is 0.0535. The first-order chi connectivity index (χ1) is 12.4. The Hall–Kier alpha value is -2.03. The Morgan fingerprint density at radius 3 is 2.31 bits per heavy atom. The van der Waals surface area contributed by atoms with Crippen molar-refractivity contribution in [3.63, 3.8) is 0 Å². The molecule has 138 valence electrons. The molecule has 0 atom stereocenters. The van der Waals surface area contributed by atoms with E-state index in [9.17, 15) is 18.0 Å². The molecule has 0 spiro atoms. The Morgan fingerprint density at radius 1 is 1.12 bits per heavy atom. The Labute approximate surface area is 156 Å². The maximum atomic E-state index is 12.5. The lowest BCUT2D eigenvalue weighted by Crippen LogP contribution is -2.40. The van der Waals surface area contributed by atoms with E-state index in [1.54, 1.807) is 41.8 Å². The van der Waals surface area contributed by atoms with Crippen LogP contribution >= 0.6 is 11.3 Å². The maximum Gasteiger partial charge on any atom is 0.314 e. The van der Waals surface area contributed by atoms with Crippen LogP contribution in [0.3, 0.4) is 0 Å². The summed E-state index contributed by atoms with van der Waals surface area (Å²) >= 11 is 1.19. The van der Waals surface area contributed by atoms with Gasteiger partial charge in [-0.1, -0.05) is 6.07 Å². The molecule has 26 heavy (non-hydrogen) atoms. The van der Waals surface area contributed by atoms with E-state index in [-0.39, 0.29) is 17.7 Å². The van der Waals surface area contributed by atoms with Gasteiger partial charge in [0.05, 0.1) is 5.92 Å². The van der Waals surface area contributed by atoms with Gasteiger partial charge in [-0.3, -0.25) is 9.59 Å². The van der Waals surface area contributed by atoms with Crippen LogP contribution in [0.2, 0.25) is 0 Å². The van der Waals surface area contributed by atoms with Crippen molar-refractivity contribution < 1.29 is 22.7 Å². The van der Waals surface area contributed by atoms with Gasteiger partial charge in [0.15, 0.2) is 5.78 Å². The van der Waals surface area contributed by atoms with Gasteiger partial charge in [0.1, 0.15) is 9.96 Å². The first kappa shape index (κ1) is 18.8. The molecular weight excluding hydrogens is 374 g/mol. The van der Waals surface area contributed by atoms with Crippen molar-refractivity contribution in [1.82, 2.24) is 4.31 Å². The van der Waals surface area contributed by atoms with Crippen LogP contribution in [0.15, 0.2) is 46.0 Å². The fraction of sp³-hybridized carbons (Fsp3) is 0.333. The molecule has 1 aliphatic rings. The summed E-state index contributed by atoms with van der Waals surface area (Å²) in [5.74, 6) is -0.373. The highest BCUT2D eigenvalue weighted by Gasteiger charge is 2.33. The highest BCUT2D eigenvalue weighted by atomic mass is 32.2. The number of piperidine rings is 1. The smallest absolute Gasteiger partial charge is 0.314 e. The second kappa shape index (κ2) is 7.69. The van der Waals surface area contributed by atoms with Gasteiger partial charge in [-0.05, 0) is 55.5 Å². The standard InChI is InChI=1S/C18H19NO5S2/c1-13(20)14-4-6-16(7-5-14)24-18(21)15-8-10-19(11-9-15)26(22,23)17-3-2-12-25-17/h2-7,12,15H,8-11H2,1H3. The number of sulfonamides is 1.